The Bertz CT molecular complexity index is 1280. The summed E-state index contributed by atoms with van der Waals surface area (Å²) in [4.78, 5) is 30.8. The minimum Gasteiger partial charge on any atom is -0.378 e. The number of hydrogen-bond donors (Lipinski definition) is 1. The number of amides is 1. The van der Waals surface area contributed by atoms with Gasteiger partial charge < -0.3 is 15.0 Å². The molecular formula is C22H24N4O5S2. The van der Waals surface area contributed by atoms with Crippen molar-refractivity contribution in [3.8, 4) is 0 Å². The zero-order valence-corrected chi connectivity index (χ0v) is 19.9. The summed E-state index contributed by atoms with van der Waals surface area (Å²) in [5, 5.41) is 3.67. The van der Waals surface area contributed by atoms with Crippen LogP contribution in [-0.4, -0.2) is 69.3 Å². The van der Waals surface area contributed by atoms with Gasteiger partial charge in [0.25, 0.3) is 0 Å². The van der Waals surface area contributed by atoms with E-state index in [4.69, 9.17) is 4.74 Å². The lowest BCUT2D eigenvalue weighted by molar-refractivity contribution is -0.116. The Labute approximate surface area is 196 Å². The minimum atomic E-state index is -3.88. The molecule has 2 heterocycles. The number of thiazole rings is 1. The van der Waals surface area contributed by atoms with Gasteiger partial charge in [0.1, 0.15) is 0 Å². The topological polar surface area (TPSA) is 109 Å². The van der Waals surface area contributed by atoms with Crippen LogP contribution >= 0.6 is 11.3 Å². The van der Waals surface area contributed by atoms with Crippen LogP contribution in [-0.2, 0) is 19.6 Å². The van der Waals surface area contributed by atoms with E-state index in [9.17, 15) is 18.0 Å². The molecule has 0 radical (unpaired) electrons. The molecule has 0 spiro atoms. The van der Waals surface area contributed by atoms with Crippen molar-refractivity contribution in [2.75, 3.05) is 50.1 Å². The lowest BCUT2D eigenvalue weighted by Crippen LogP contribution is -2.36. The molecule has 0 aliphatic carbocycles. The fourth-order valence-electron chi connectivity index (χ4n) is 3.41. The number of morpholine rings is 1. The second-order valence-corrected chi connectivity index (χ2v) is 10.7. The first-order valence-electron chi connectivity index (χ1n) is 10.3. The number of ether oxygens (including phenoxy) is 1. The highest BCUT2D eigenvalue weighted by molar-refractivity contribution is 7.89. The Morgan fingerprint density at radius 3 is 2.52 bits per heavy atom. The zero-order chi connectivity index (χ0) is 23.6. The molecule has 1 aliphatic heterocycles. The number of rotatable bonds is 7. The van der Waals surface area contributed by atoms with Crippen molar-refractivity contribution in [2.45, 2.75) is 11.8 Å². The molecule has 1 saturated heterocycles. The number of carbonyl (C=O) groups excluding carboxylic acids is 2. The summed E-state index contributed by atoms with van der Waals surface area (Å²) < 4.78 is 32.8. The molecule has 1 fully saturated rings. The average Bonchev–Trinajstić information content (AvgIpc) is 3.23. The normalized spacial score (nSPS) is 14.6. The lowest BCUT2D eigenvalue weighted by atomic mass is 10.2. The summed E-state index contributed by atoms with van der Waals surface area (Å²) in [6.45, 7) is 4.00. The van der Waals surface area contributed by atoms with Gasteiger partial charge in [0.05, 0.1) is 34.9 Å². The standard InChI is InChI=1S/C22H24N4O5S2/c1-15(27)16-3-6-18(7-4-16)33(29,30)25(2)14-21(28)23-17-5-8-19-20(13-17)32-22(24-19)26-9-11-31-12-10-26/h3-8,13H,9-12,14H2,1-2H3,(H,23,28). The number of nitrogens with zero attached hydrogens (tertiary/aromatic N) is 3. The van der Waals surface area contributed by atoms with E-state index in [1.807, 2.05) is 12.1 Å². The van der Waals surface area contributed by atoms with E-state index in [0.29, 0.717) is 24.5 Å². The van der Waals surface area contributed by atoms with Crippen molar-refractivity contribution in [3.05, 3.63) is 48.0 Å². The van der Waals surface area contributed by atoms with Gasteiger partial charge in [-0.3, -0.25) is 9.59 Å². The number of carbonyl (C=O) groups is 2. The quantitative estimate of drug-likeness (QED) is 0.509. The minimum absolute atomic E-state index is 0.0181. The predicted molar refractivity (Wildman–Crippen MR) is 128 cm³/mol. The van der Waals surface area contributed by atoms with Crippen LogP contribution in [0.2, 0.25) is 0 Å². The molecule has 1 amide bonds. The van der Waals surface area contributed by atoms with Crippen molar-refractivity contribution in [1.29, 1.82) is 0 Å². The molecule has 3 aromatic rings. The second-order valence-electron chi connectivity index (χ2n) is 7.67. The van der Waals surface area contributed by atoms with Gasteiger partial charge in [-0.05, 0) is 37.3 Å². The van der Waals surface area contributed by atoms with Gasteiger partial charge >= 0.3 is 0 Å². The monoisotopic (exact) mass is 488 g/mol. The number of Topliss-reactive ketones (excluding diaryl/α,β-unsaturated/α-hetero) is 1. The molecule has 1 aliphatic rings. The van der Waals surface area contributed by atoms with Crippen LogP contribution in [0.25, 0.3) is 10.2 Å². The third kappa shape index (κ3) is 5.22. The Hall–Kier alpha value is -2.86. The highest BCUT2D eigenvalue weighted by Gasteiger charge is 2.23. The SMILES string of the molecule is CC(=O)c1ccc(S(=O)(=O)N(C)CC(=O)Nc2ccc3nc(N4CCOCC4)sc3c2)cc1. The number of ketones is 1. The molecule has 1 N–H and O–H groups in total. The number of fused-ring (bicyclic) bond motifs is 1. The summed E-state index contributed by atoms with van der Waals surface area (Å²) in [7, 11) is -2.53. The van der Waals surface area contributed by atoms with Gasteiger partial charge in [0.2, 0.25) is 15.9 Å². The van der Waals surface area contributed by atoms with Crippen LogP contribution in [0, 0.1) is 0 Å². The van der Waals surface area contributed by atoms with Crippen molar-refractivity contribution in [3.63, 3.8) is 0 Å². The number of aromatic nitrogens is 1. The van der Waals surface area contributed by atoms with E-state index >= 15 is 0 Å². The summed E-state index contributed by atoms with van der Waals surface area (Å²) in [5.41, 5.74) is 1.83. The predicted octanol–water partition coefficient (Wildman–Crippen LogP) is 2.59. The van der Waals surface area contributed by atoms with E-state index in [2.05, 4.69) is 15.2 Å². The van der Waals surface area contributed by atoms with Gasteiger partial charge in [0.15, 0.2) is 10.9 Å². The van der Waals surface area contributed by atoms with Crippen molar-refractivity contribution in [2.24, 2.45) is 0 Å². The molecule has 4 rings (SSSR count). The number of hydrogen-bond acceptors (Lipinski definition) is 8. The van der Waals surface area contributed by atoms with E-state index < -0.39 is 15.9 Å². The fraction of sp³-hybridized carbons (Fsp3) is 0.318. The van der Waals surface area contributed by atoms with Gasteiger partial charge in [-0.2, -0.15) is 4.31 Å². The molecule has 33 heavy (non-hydrogen) atoms. The first kappa shape index (κ1) is 23.3. The summed E-state index contributed by atoms with van der Waals surface area (Å²) >= 11 is 1.54. The third-order valence-electron chi connectivity index (χ3n) is 5.28. The van der Waals surface area contributed by atoms with Crippen LogP contribution in [0.3, 0.4) is 0 Å². The molecule has 9 nitrogen and oxygen atoms in total. The number of nitrogens with one attached hydrogen (secondary N) is 1. The second kappa shape index (κ2) is 9.56. The van der Waals surface area contributed by atoms with Crippen LogP contribution in [0.1, 0.15) is 17.3 Å². The van der Waals surface area contributed by atoms with Gasteiger partial charge in [-0.25, -0.2) is 13.4 Å². The number of likely N-dealkylation sites (N-methyl/N-ethyl adjacent to an activating group) is 1. The Morgan fingerprint density at radius 1 is 1.15 bits per heavy atom. The van der Waals surface area contributed by atoms with Gasteiger partial charge in [0, 0.05) is 31.4 Å². The number of benzene rings is 2. The molecule has 0 bridgehead atoms. The molecule has 11 heteroatoms. The molecular weight excluding hydrogens is 464 g/mol. The summed E-state index contributed by atoms with van der Waals surface area (Å²) in [6, 6.07) is 11.1. The van der Waals surface area contributed by atoms with Crippen LogP contribution in [0.5, 0.6) is 0 Å². The highest BCUT2D eigenvalue weighted by atomic mass is 32.2. The van der Waals surface area contributed by atoms with Crippen LogP contribution in [0.15, 0.2) is 47.4 Å². The smallest absolute Gasteiger partial charge is 0.243 e. The van der Waals surface area contributed by atoms with E-state index in [-0.39, 0.29) is 17.2 Å². The van der Waals surface area contributed by atoms with E-state index in [0.717, 1.165) is 32.7 Å². The first-order chi connectivity index (χ1) is 15.7. The zero-order valence-electron chi connectivity index (χ0n) is 18.3. The molecule has 174 valence electrons. The first-order valence-corrected chi connectivity index (χ1v) is 12.6. The molecule has 0 atom stereocenters. The molecule has 0 unspecified atom stereocenters. The Kier molecular flexibility index (Phi) is 6.75. The molecule has 0 saturated carbocycles. The van der Waals surface area contributed by atoms with Crippen molar-refractivity contribution in [1.82, 2.24) is 9.29 Å². The van der Waals surface area contributed by atoms with Crippen LogP contribution < -0.4 is 10.2 Å². The average molecular weight is 489 g/mol. The maximum Gasteiger partial charge on any atom is 0.243 e. The van der Waals surface area contributed by atoms with Crippen molar-refractivity contribution >= 4 is 54.1 Å². The summed E-state index contributed by atoms with van der Waals surface area (Å²) in [5.74, 6) is -0.611. The van der Waals surface area contributed by atoms with Crippen LogP contribution in [0.4, 0.5) is 10.8 Å². The third-order valence-corrected chi connectivity index (χ3v) is 8.17. The Morgan fingerprint density at radius 2 is 1.85 bits per heavy atom. The number of anilines is 2. The largest absolute Gasteiger partial charge is 0.378 e. The maximum atomic E-state index is 12.8. The van der Waals surface area contributed by atoms with Crippen molar-refractivity contribution < 1.29 is 22.7 Å². The Balaban J connectivity index is 1.42. The summed E-state index contributed by atoms with van der Waals surface area (Å²) in [6.07, 6.45) is 0. The lowest BCUT2D eigenvalue weighted by Gasteiger charge is -2.25. The van der Waals surface area contributed by atoms with E-state index in [1.54, 1.807) is 17.4 Å². The molecule has 1 aromatic heterocycles. The number of sulfonamides is 1. The molecule has 2 aromatic carbocycles. The fourth-order valence-corrected chi connectivity index (χ4v) is 5.59. The highest BCUT2D eigenvalue weighted by Crippen LogP contribution is 2.31. The van der Waals surface area contributed by atoms with E-state index in [1.165, 1.54) is 38.2 Å². The van der Waals surface area contributed by atoms with Gasteiger partial charge in [-0.1, -0.05) is 23.5 Å². The van der Waals surface area contributed by atoms with Gasteiger partial charge in [-0.15, -0.1) is 0 Å². The maximum absolute atomic E-state index is 12.8.